The number of ketones is 2. The van der Waals surface area contributed by atoms with Gasteiger partial charge in [0.25, 0.3) is 8.32 Å². The van der Waals surface area contributed by atoms with Gasteiger partial charge in [0.1, 0.15) is 11.5 Å². The molecule has 2 saturated carbocycles. The minimum Gasteiger partial charge on any atom is -0.404 e. The van der Waals surface area contributed by atoms with Crippen LogP contribution in [0.25, 0.3) is 0 Å². The van der Waals surface area contributed by atoms with Gasteiger partial charge in [0, 0.05) is 18.2 Å². The maximum atomic E-state index is 13.0. The first-order valence-corrected chi connectivity index (χ1v) is 15.1. The zero-order valence-electron chi connectivity index (χ0n) is 22.1. The van der Waals surface area contributed by atoms with E-state index in [2.05, 4.69) is 55.0 Å². The second-order valence-electron chi connectivity index (χ2n) is 11.6. The van der Waals surface area contributed by atoms with E-state index in [4.69, 9.17) is 4.43 Å². The van der Waals surface area contributed by atoms with Crippen molar-refractivity contribution in [2.24, 2.45) is 17.8 Å². The molecule has 39 heavy (non-hydrogen) atoms. The summed E-state index contributed by atoms with van der Waals surface area (Å²) in [4.78, 5) is 32.0. The van der Waals surface area contributed by atoms with E-state index in [1.165, 1.54) is 10.4 Å². The van der Waals surface area contributed by atoms with E-state index in [1.807, 2.05) is 36.4 Å². The number of carbonyl (C=O) groups is 2. The van der Waals surface area contributed by atoms with Crippen molar-refractivity contribution in [3.63, 3.8) is 0 Å². The Hall–Kier alpha value is -3.17. The highest BCUT2D eigenvalue weighted by molar-refractivity contribution is 6.99. The molecule has 0 saturated heterocycles. The van der Waals surface area contributed by atoms with Gasteiger partial charge in [-0.05, 0) is 46.2 Å². The monoisotopic (exact) mass is 552 g/mol. The molecule has 9 heteroatoms. The van der Waals surface area contributed by atoms with E-state index in [0.717, 1.165) is 25.1 Å². The lowest BCUT2D eigenvalue weighted by atomic mass is 10.0. The summed E-state index contributed by atoms with van der Waals surface area (Å²) in [6.07, 6.45) is -2.87. The first kappa shape index (κ1) is 27.4. The fraction of sp³-hybridized carbons (Fsp3) is 0.400. The van der Waals surface area contributed by atoms with Crippen LogP contribution < -0.4 is 10.4 Å². The lowest BCUT2D eigenvalue weighted by molar-refractivity contribution is -0.145. The molecule has 2 aromatic carbocycles. The number of alkyl halides is 3. The van der Waals surface area contributed by atoms with Crippen LogP contribution in [0.3, 0.4) is 0 Å². The molecule has 1 aromatic heterocycles. The summed E-state index contributed by atoms with van der Waals surface area (Å²) in [5.74, 6) is -2.32. The normalized spacial score (nSPS) is 22.8. The van der Waals surface area contributed by atoms with Crippen molar-refractivity contribution in [2.45, 2.75) is 57.4 Å². The van der Waals surface area contributed by atoms with Crippen LogP contribution in [0, 0.1) is 17.8 Å². The van der Waals surface area contributed by atoms with Crippen LogP contribution in [0.5, 0.6) is 0 Å². The number of rotatable bonds is 8. The summed E-state index contributed by atoms with van der Waals surface area (Å²) in [6, 6.07) is 21.9. The second kappa shape index (κ2) is 10.1. The first-order chi connectivity index (χ1) is 18.4. The number of fused-ring (bicyclic) bond motifs is 1. The highest BCUT2D eigenvalue weighted by Crippen LogP contribution is 2.59. The quantitative estimate of drug-likeness (QED) is 0.217. The lowest BCUT2D eigenvalue weighted by Crippen LogP contribution is -2.67. The molecule has 3 aromatic rings. The largest absolute Gasteiger partial charge is 0.451 e. The summed E-state index contributed by atoms with van der Waals surface area (Å²) in [7, 11) is -2.71. The third-order valence-corrected chi connectivity index (χ3v) is 13.2. The van der Waals surface area contributed by atoms with Gasteiger partial charge in [-0.2, -0.15) is 13.2 Å². The van der Waals surface area contributed by atoms with Gasteiger partial charge in [-0.15, -0.1) is 0 Å². The fourth-order valence-corrected chi connectivity index (χ4v) is 11.0. The molecule has 2 fully saturated rings. The number of hydrogen-bond acceptors (Lipinski definition) is 5. The van der Waals surface area contributed by atoms with Crippen molar-refractivity contribution < 1.29 is 27.2 Å². The number of nitrogens with zero attached hydrogens (tertiary/aromatic N) is 2. The Morgan fingerprint density at radius 2 is 1.44 bits per heavy atom. The van der Waals surface area contributed by atoms with Gasteiger partial charge in [-0.25, -0.2) is 9.97 Å². The van der Waals surface area contributed by atoms with Crippen LogP contribution in [-0.2, 0) is 15.4 Å². The van der Waals surface area contributed by atoms with Crippen molar-refractivity contribution in [1.82, 2.24) is 9.97 Å². The van der Waals surface area contributed by atoms with Gasteiger partial charge in [0.05, 0.1) is 6.42 Å². The summed E-state index contributed by atoms with van der Waals surface area (Å²) in [6.45, 7) is 6.68. The zero-order valence-corrected chi connectivity index (χ0v) is 23.1. The van der Waals surface area contributed by atoms with Crippen molar-refractivity contribution >= 4 is 30.3 Å². The smallest absolute Gasteiger partial charge is 0.404 e. The third kappa shape index (κ3) is 5.22. The number of halogens is 3. The summed E-state index contributed by atoms with van der Waals surface area (Å²) in [5, 5.41) is 2.24. The molecule has 5 nitrogen and oxygen atoms in total. The van der Waals surface area contributed by atoms with Gasteiger partial charge in [0.15, 0.2) is 5.78 Å². The SMILES string of the molecule is CC(C)(C)[Si](OC1CC2C(C1)C2C(=O)CC(=O)c1ccnc(C(F)(F)F)n1)(c1ccccc1)c1ccccc1. The summed E-state index contributed by atoms with van der Waals surface area (Å²) >= 11 is 0. The predicted octanol–water partition coefficient (Wildman–Crippen LogP) is 5.24. The van der Waals surface area contributed by atoms with E-state index in [0.29, 0.717) is 0 Å². The molecular weight excluding hydrogens is 521 g/mol. The van der Waals surface area contributed by atoms with Crippen molar-refractivity contribution in [2.75, 3.05) is 0 Å². The van der Waals surface area contributed by atoms with Crippen LogP contribution in [0.2, 0.25) is 5.04 Å². The molecule has 204 valence electrons. The van der Waals surface area contributed by atoms with Crippen LogP contribution in [0.1, 0.15) is 56.3 Å². The van der Waals surface area contributed by atoms with E-state index < -0.39 is 32.5 Å². The Morgan fingerprint density at radius 1 is 0.897 bits per heavy atom. The maximum Gasteiger partial charge on any atom is 0.451 e. The summed E-state index contributed by atoms with van der Waals surface area (Å²) < 4.78 is 46.0. The number of aromatic nitrogens is 2. The number of Topliss-reactive ketones (excluding diaryl/α,β-unsaturated/α-hetero) is 2. The molecule has 0 amide bonds. The molecule has 5 rings (SSSR count). The standard InChI is InChI=1S/C30H31F3N2O3Si/c1-29(2,3)39(20-10-6-4-7-11-20,21-12-8-5-9-13-21)38-19-16-22-23(17-19)27(22)26(37)18-25(36)24-14-15-34-28(35-24)30(31,32)33/h4-15,19,22-23,27H,16-18H2,1-3H3. The van der Waals surface area contributed by atoms with E-state index in [-0.39, 0.29) is 40.4 Å². The minimum atomic E-state index is -4.76. The first-order valence-electron chi connectivity index (χ1n) is 13.2. The average Bonchev–Trinajstić information content (AvgIpc) is 3.42. The molecule has 2 atom stereocenters. The highest BCUT2D eigenvalue weighted by Gasteiger charge is 2.61. The Balaban J connectivity index is 1.29. The van der Waals surface area contributed by atoms with Gasteiger partial charge in [-0.1, -0.05) is 81.4 Å². The predicted molar refractivity (Wildman–Crippen MR) is 143 cm³/mol. The molecule has 0 radical (unpaired) electrons. The third-order valence-electron chi connectivity index (χ3n) is 8.06. The summed E-state index contributed by atoms with van der Waals surface area (Å²) in [5.41, 5.74) is -0.385. The number of hydrogen-bond donors (Lipinski definition) is 0. The Bertz CT molecular complexity index is 1310. The van der Waals surface area contributed by atoms with Crippen LogP contribution >= 0.6 is 0 Å². The lowest BCUT2D eigenvalue weighted by Gasteiger charge is -2.45. The molecule has 1 heterocycles. The van der Waals surface area contributed by atoms with Crippen LogP contribution in [-0.4, -0.2) is 36.0 Å². The Morgan fingerprint density at radius 3 is 1.92 bits per heavy atom. The average molecular weight is 553 g/mol. The van der Waals surface area contributed by atoms with Crippen molar-refractivity contribution in [3.05, 3.63) is 84.4 Å². The van der Waals surface area contributed by atoms with E-state index >= 15 is 0 Å². The number of carbonyl (C=O) groups excluding carboxylic acids is 2. The fourth-order valence-electron chi connectivity index (χ4n) is 6.32. The highest BCUT2D eigenvalue weighted by atomic mass is 28.4. The van der Waals surface area contributed by atoms with E-state index in [9.17, 15) is 22.8 Å². The number of benzene rings is 2. The maximum absolute atomic E-state index is 13.0. The van der Waals surface area contributed by atoms with Gasteiger partial charge >= 0.3 is 6.18 Å². The molecule has 0 bridgehead atoms. The molecule has 2 aliphatic rings. The Labute approximate surface area is 227 Å². The molecule has 0 N–H and O–H groups in total. The van der Waals surface area contributed by atoms with Gasteiger partial charge < -0.3 is 4.43 Å². The molecule has 0 spiro atoms. The molecule has 2 unspecified atom stereocenters. The Kier molecular flexibility index (Phi) is 7.09. The van der Waals surface area contributed by atoms with Gasteiger partial charge in [-0.3, -0.25) is 9.59 Å². The minimum absolute atomic E-state index is 0.0118. The van der Waals surface area contributed by atoms with Crippen LogP contribution in [0.4, 0.5) is 13.2 Å². The molecular formula is C30H31F3N2O3Si. The molecule has 0 aliphatic heterocycles. The van der Waals surface area contributed by atoms with Crippen LogP contribution in [0.15, 0.2) is 72.9 Å². The second-order valence-corrected chi connectivity index (χ2v) is 15.8. The zero-order chi connectivity index (χ0) is 28.0. The van der Waals surface area contributed by atoms with Crippen molar-refractivity contribution in [3.8, 4) is 0 Å². The molecule has 2 aliphatic carbocycles. The van der Waals surface area contributed by atoms with Gasteiger partial charge in [0.2, 0.25) is 5.82 Å². The van der Waals surface area contributed by atoms with Crippen molar-refractivity contribution in [1.29, 1.82) is 0 Å². The van der Waals surface area contributed by atoms with E-state index in [1.54, 1.807) is 0 Å². The topological polar surface area (TPSA) is 69.2 Å².